The summed E-state index contributed by atoms with van der Waals surface area (Å²) in [5.41, 5.74) is 1.50. The third-order valence-electron chi connectivity index (χ3n) is 2.58. The lowest BCUT2D eigenvalue weighted by Gasteiger charge is -2.07. The zero-order chi connectivity index (χ0) is 13.8. The Bertz CT molecular complexity index is 622. The molecule has 2 rings (SSSR count). The summed E-state index contributed by atoms with van der Waals surface area (Å²) in [5.74, 6) is -0.424. The Balaban J connectivity index is 2.28. The molecule has 0 radical (unpaired) electrons. The van der Waals surface area contributed by atoms with Gasteiger partial charge in [-0.05, 0) is 29.8 Å². The summed E-state index contributed by atoms with van der Waals surface area (Å²) in [4.78, 5) is 22.0. The Labute approximate surface area is 114 Å². The minimum Gasteiger partial charge on any atom is -0.465 e. The van der Waals surface area contributed by atoms with Gasteiger partial charge in [0.05, 0.1) is 19.2 Å². The molecular weight excluding hydrogens is 268 g/mol. The van der Waals surface area contributed by atoms with E-state index in [2.05, 4.69) is 9.84 Å². The van der Waals surface area contributed by atoms with Crippen LogP contribution in [0.2, 0.25) is 5.02 Å². The molecule has 1 aromatic carbocycles. The highest BCUT2D eigenvalue weighted by Crippen LogP contribution is 2.19. The van der Waals surface area contributed by atoms with Gasteiger partial charge in [-0.2, -0.15) is 5.10 Å². The lowest BCUT2D eigenvalue weighted by molar-refractivity contribution is 0.0600. The van der Waals surface area contributed by atoms with Crippen LogP contribution in [-0.4, -0.2) is 29.1 Å². The van der Waals surface area contributed by atoms with Crippen molar-refractivity contribution in [2.75, 3.05) is 7.11 Å². The number of methoxy groups -OCH3 is 1. The van der Waals surface area contributed by atoms with E-state index in [-0.39, 0.29) is 0 Å². The largest absolute Gasteiger partial charge is 0.465 e. The predicted molar refractivity (Wildman–Crippen MR) is 69.5 cm³/mol. The van der Waals surface area contributed by atoms with E-state index in [0.717, 1.165) is 5.56 Å². The van der Waals surface area contributed by atoms with E-state index in [1.54, 1.807) is 35.1 Å². The van der Waals surface area contributed by atoms with Gasteiger partial charge in [0, 0.05) is 11.2 Å². The molecule has 1 heterocycles. The van der Waals surface area contributed by atoms with Gasteiger partial charge in [-0.25, -0.2) is 4.79 Å². The quantitative estimate of drug-likeness (QED) is 0.635. The SMILES string of the molecule is COC(=O)c1ccc(Cl)c(Cn2ccc(C=O)n2)c1. The molecular formula is C13H11ClN2O3. The average Bonchev–Trinajstić information content (AvgIpc) is 2.88. The molecule has 0 aliphatic rings. The Hall–Kier alpha value is -2.14. The first-order chi connectivity index (χ1) is 9.13. The van der Waals surface area contributed by atoms with Crippen molar-refractivity contribution >= 4 is 23.9 Å². The van der Waals surface area contributed by atoms with Gasteiger partial charge in [0.1, 0.15) is 5.69 Å². The molecule has 1 aromatic heterocycles. The number of ether oxygens (including phenoxy) is 1. The molecule has 0 aliphatic heterocycles. The van der Waals surface area contributed by atoms with E-state index < -0.39 is 5.97 Å². The number of halogens is 1. The fourth-order valence-corrected chi connectivity index (χ4v) is 1.82. The van der Waals surface area contributed by atoms with E-state index in [0.29, 0.717) is 29.1 Å². The zero-order valence-corrected chi connectivity index (χ0v) is 10.9. The van der Waals surface area contributed by atoms with Crippen LogP contribution >= 0.6 is 11.6 Å². The van der Waals surface area contributed by atoms with E-state index in [4.69, 9.17) is 11.6 Å². The highest BCUT2D eigenvalue weighted by atomic mass is 35.5. The standard InChI is InChI=1S/C13H11ClN2O3/c1-19-13(18)9-2-3-12(14)10(6-9)7-16-5-4-11(8-17)15-16/h2-6,8H,7H2,1H3. The normalized spacial score (nSPS) is 10.2. The molecule has 0 saturated carbocycles. The first-order valence-corrected chi connectivity index (χ1v) is 5.87. The molecule has 0 bridgehead atoms. The van der Waals surface area contributed by atoms with Crippen LogP contribution in [0.5, 0.6) is 0 Å². The maximum absolute atomic E-state index is 11.4. The minimum atomic E-state index is -0.424. The van der Waals surface area contributed by atoms with Crippen molar-refractivity contribution < 1.29 is 14.3 Å². The number of carbonyl (C=O) groups excluding carboxylic acids is 2. The molecule has 98 valence electrons. The number of rotatable bonds is 4. The molecule has 0 spiro atoms. The predicted octanol–water partition coefficient (Wildman–Crippen LogP) is 2.18. The number of nitrogens with zero attached hydrogens (tertiary/aromatic N) is 2. The summed E-state index contributed by atoms with van der Waals surface area (Å²) in [6, 6.07) is 6.48. The molecule has 19 heavy (non-hydrogen) atoms. The van der Waals surface area contributed by atoms with Crippen molar-refractivity contribution in [3.8, 4) is 0 Å². The van der Waals surface area contributed by atoms with Gasteiger partial charge in [-0.1, -0.05) is 11.6 Å². The minimum absolute atomic E-state index is 0.347. The summed E-state index contributed by atoms with van der Waals surface area (Å²) < 4.78 is 6.23. The van der Waals surface area contributed by atoms with Crippen LogP contribution in [0.1, 0.15) is 26.4 Å². The van der Waals surface area contributed by atoms with Crippen molar-refractivity contribution in [3.63, 3.8) is 0 Å². The van der Waals surface area contributed by atoms with Crippen molar-refractivity contribution in [2.45, 2.75) is 6.54 Å². The number of carbonyl (C=O) groups is 2. The van der Waals surface area contributed by atoms with Gasteiger partial charge >= 0.3 is 5.97 Å². The molecule has 0 atom stereocenters. The maximum atomic E-state index is 11.4. The number of hydrogen-bond donors (Lipinski definition) is 0. The highest BCUT2D eigenvalue weighted by Gasteiger charge is 2.10. The molecule has 0 aliphatic carbocycles. The molecule has 0 saturated heterocycles. The molecule has 0 amide bonds. The summed E-state index contributed by atoms with van der Waals surface area (Å²) in [6.45, 7) is 0.373. The van der Waals surface area contributed by atoms with E-state index in [1.165, 1.54) is 7.11 Å². The van der Waals surface area contributed by atoms with Crippen LogP contribution in [0.25, 0.3) is 0 Å². The van der Waals surface area contributed by atoms with Gasteiger partial charge in [-0.15, -0.1) is 0 Å². The highest BCUT2D eigenvalue weighted by molar-refractivity contribution is 6.31. The van der Waals surface area contributed by atoms with Crippen molar-refractivity contribution in [2.24, 2.45) is 0 Å². The van der Waals surface area contributed by atoms with Crippen molar-refractivity contribution in [3.05, 3.63) is 52.3 Å². The molecule has 2 aromatic rings. The number of aromatic nitrogens is 2. The fourth-order valence-electron chi connectivity index (χ4n) is 1.64. The number of benzene rings is 1. The molecule has 0 N–H and O–H groups in total. The Morgan fingerprint density at radius 1 is 1.47 bits per heavy atom. The lowest BCUT2D eigenvalue weighted by Crippen LogP contribution is -2.05. The molecule has 0 fully saturated rings. The monoisotopic (exact) mass is 278 g/mol. The third-order valence-corrected chi connectivity index (χ3v) is 2.95. The topological polar surface area (TPSA) is 61.2 Å². The number of hydrogen-bond acceptors (Lipinski definition) is 4. The number of esters is 1. The van der Waals surface area contributed by atoms with Crippen LogP contribution < -0.4 is 0 Å². The van der Waals surface area contributed by atoms with E-state index >= 15 is 0 Å². The number of aldehydes is 1. The zero-order valence-electron chi connectivity index (χ0n) is 10.2. The maximum Gasteiger partial charge on any atom is 0.337 e. The van der Waals surface area contributed by atoms with Crippen LogP contribution in [0.4, 0.5) is 0 Å². The van der Waals surface area contributed by atoms with Gasteiger partial charge in [-0.3, -0.25) is 9.48 Å². The molecule has 0 unspecified atom stereocenters. The van der Waals surface area contributed by atoms with Crippen LogP contribution in [0.15, 0.2) is 30.5 Å². The summed E-state index contributed by atoms with van der Waals surface area (Å²) >= 11 is 6.07. The van der Waals surface area contributed by atoms with Gasteiger partial charge in [0.15, 0.2) is 6.29 Å². The molecule has 5 nitrogen and oxygen atoms in total. The van der Waals surface area contributed by atoms with Crippen LogP contribution in [0, 0.1) is 0 Å². The van der Waals surface area contributed by atoms with Gasteiger partial charge in [0.25, 0.3) is 0 Å². The van der Waals surface area contributed by atoms with E-state index in [9.17, 15) is 9.59 Å². The fraction of sp³-hybridized carbons (Fsp3) is 0.154. The van der Waals surface area contributed by atoms with Crippen molar-refractivity contribution in [1.29, 1.82) is 0 Å². The summed E-state index contributed by atoms with van der Waals surface area (Å²) in [5, 5.41) is 4.56. The lowest BCUT2D eigenvalue weighted by atomic mass is 10.1. The van der Waals surface area contributed by atoms with Crippen LogP contribution in [-0.2, 0) is 11.3 Å². The summed E-state index contributed by atoms with van der Waals surface area (Å²) in [7, 11) is 1.32. The first-order valence-electron chi connectivity index (χ1n) is 5.49. The Morgan fingerprint density at radius 3 is 2.89 bits per heavy atom. The smallest absolute Gasteiger partial charge is 0.337 e. The van der Waals surface area contributed by atoms with Crippen molar-refractivity contribution in [1.82, 2.24) is 9.78 Å². The second kappa shape index (κ2) is 5.67. The second-order valence-electron chi connectivity index (χ2n) is 3.85. The second-order valence-corrected chi connectivity index (χ2v) is 4.26. The Morgan fingerprint density at radius 2 is 2.26 bits per heavy atom. The third kappa shape index (κ3) is 3.00. The first kappa shape index (κ1) is 13.3. The molecule has 6 heteroatoms. The van der Waals surface area contributed by atoms with Crippen LogP contribution in [0.3, 0.4) is 0 Å². The van der Waals surface area contributed by atoms with Gasteiger partial charge < -0.3 is 4.74 Å². The summed E-state index contributed by atoms with van der Waals surface area (Å²) in [6.07, 6.45) is 2.34. The Kier molecular flexibility index (Phi) is 3.97. The van der Waals surface area contributed by atoms with E-state index in [1.807, 2.05) is 0 Å². The average molecular weight is 279 g/mol. The van der Waals surface area contributed by atoms with Gasteiger partial charge in [0.2, 0.25) is 0 Å².